The zero-order valence-corrected chi connectivity index (χ0v) is 9.51. The lowest BCUT2D eigenvalue weighted by Crippen LogP contribution is -1.88. The molecular formula is C10H6ClN5O. The molecule has 0 unspecified atom stereocenters. The number of hydrogen-bond donors (Lipinski definition) is 0. The maximum absolute atomic E-state index is 5.98. The van der Waals surface area contributed by atoms with Crippen molar-refractivity contribution in [3.05, 3.63) is 29.6 Å². The van der Waals surface area contributed by atoms with E-state index in [4.69, 9.17) is 16.0 Å². The van der Waals surface area contributed by atoms with E-state index in [0.29, 0.717) is 33.5 Å². The first-order valence-electron chi connectivity index (χ1n) is 4.81. The molecule has 0 saturated carbocycles. The van der Waals surface area contributed by atoms with Crippen LogP contribution in [0.5, 0.6) is 0 Å². The molecule has 3 aromatic heterocycles. The van der Waals surface area contributed by atoms with Crippen LogP contribution >= 0.6 is 11.6 Å². The van der Waals surface area contributed by atoms with Gasteiger partial charge in [0.15, 0.2) is 0 Å². The van der Waals surface area contributed by atoms with Crippen LogP contribution < -0.4 is 0 Å². The van der Waals surface area contributed by atoms with E-state index in [2.05, 4.69) is 25.1 Å². The van der Waals surface area contributed by atoms with Gasteiger partial charge >= 0.3 is 0 Å². The van der Waals surface area contributed by atoms with Crippen molar-refractivity contribution in [1.82, 2.24) is 25.1 Å². The number of aromatic nitrogens is 5. The number of fused-ring (bicyclic) bond motifs is 1. The van der Waals surface area contributed by atoms with E-state index >= 15 is 0 Å². The Hall–Kier alpha value is -2.08. The predicted octanol–water partition coefficient (Wildman–Crippen LogP) is 2.04. The van der Waals surface area contributed by atoms with Gasteiger partial charge in [0.1, 0.15) is 17.2 Å². The molecule has 17 heavy (non-hydrogen) atoms. The summed E-state index contributed by atoms with van der Waals surface area (Å²) in [6.45, 7) is 1.72. The summed E-state index contributed by atoms with van der Waals surface area (Å²) in [4.78, 5) is 12.2. The van der Waals surface area contributed by atoms with Gasteiger partial charge in [-0.15, -0.1) is 10.2 Å². The second-order valence-electron chi connectivity index (χ2n) is 3.38. The van der Waals surface area contributed by atoms with Crippen LogP contribution in [0.4, 0.5) is 0 Å². The summed E-state index contributed by atoms with van der Waals surface area (Å²) in [5.41, 5.74) is 1.22. The summed E-state index contributed by atoms with van der Waals surface area (Å²) in [5, 5.41) is 8.71. The maximum atomic E-state index is 5.98. The van der Waals surface area contributed by atoms with Crippen LogP contribution in [0, 0.1) is 6.92 Å². The number of pyridine rings is 1. The summed E-state index contributed by atoms with van der Waals surface area (Å²) in [6.07, 6.45) is 2.99. The van der Waals surface area contributed by atoms with Crippen molar-refractivity contribution in [2.24, 2.45) is 0 Å². The Morgan fingerprint density at radius 2 is 2.06 bits per heavy atom. The molecule has 0 aliphatic carbocycles. The highest BCUT2D eigenvalue weighted by Gasteiger charge is 2.10. The van der Waals surface area contributed by atoms with Crippen molar-refractivity contribution >= 4 is 22.5 Å². The van der Waals surface area contributed by atoms with E-state index in [9.17, 15) is 0 Å². The van der Waals surface area contributed by atoms with E-state index in [1.807, 2.05) is 0 Å². The van der Waals surface area contributed by atoms with Crippen molar-refractivity contribution in [3.8, 4) is 11.6 Å². The largest absolute Gasteiger partial charge is 0.420 e. The third-order valence-electron chi connectivity index (χ3n) is 2.22. The Kier molecular flexibility index (Phi) is 2.22. The average molecular weight is 248 g/mol. The third kappa shape index (κ3) is 1.72. The van der Waals surface area contributed by atoms with E-state index in [1.54, 1.807) is 19.2 Å². The van der Waals surface area contributed by atoms with E-state index in [1.165, 1.54) is 6.33 Å². The van der Waals surface area contributed by atoms with Crippen LogP contribution in [0.25, 0.3) is 22.5 Å². The van der Waals surface area contributed by atoms with Gasteiger partial charge in [0.05, 0.1) is 11.7 Å². The van der Waals surface area contributed by atoms with Crippen molar-refractivity contribution in [2.75, 3.05) is 0 Å². The summed E-state index contributed by atoms with van der Waals surface area (Å²) in [6, 6.07) is 1.73. The normalized spacial score (nSPS) is 10.9. The number of halogens is 1. The Bertz CT molecular complexity index is 696. The van der Waals surface area contributed by atoms with Crippen molar-refractivity contribution in [3.63, 3.8) is 0 Å². The molecule has 0 bridgehead atoms. The molecule has 0 spiro atoms. The number of hydrogen-bond acceptors (Lipinski definition) is 6. The molecule has 3 heterocycles. The van der Waals surface area contributed by atoms with Crippen LogP contribution in [0.2, 0.25) is 5.15 Å². The number of nitrogens with zero attached hydrogens (tertiary/aromatic N) is 5. The van der Waals surface area contributed by atoms with Crippen LogP contribution in [-0.2, 0) is 0 Å². The summed E-state index contributed by atoms with van der Waals surface area (Å²) >= 11 is 5.98. The van der Waals surface area contributed by atoms with Crippen molar-refractivity contribution in [1.29, 1.82) is 0 Å². The highest BCUT2D eigenvalue weighted by Crippen LogP contribution is 2.23. The quantitative estimate of drug-likeness (QED) is 0.613. The second kappa shape index (κ2) is 3.74. The van der Waals surface area contributed by atoms with Crippen molar-refractivity contribution in [2.45, 2.75) is 6.92 Å². The first-order valence-corrected chi connectivity index (χ1v) is 5.18. The molecule has 7 heteroatoms. The van der Waals surface area contributed by atoms with Gasteiger partial charge in [-0.1, -0.05) is 11.6 Å². The smallest absolute Gasteiger partial charge is 0.266 e. The van der Waals surface area contributed by atoms with Crippen LogP contribution in [0.3, 0.4) is 0 Å². The SMILES string of the molecule is Cc1nnc(-c2cc3c(Cl)ncnc3cn2)o1. The van der Waals surface area contributed by atoms with Crippen LogP contribution in [0.15, 0.2) is 23.0 Å². The lowest BCUT2D eigenvalue weighted by atomic mass is 10.2. The van der Waals surface area contributed by atoms with Gasteiger partial charge in [-0.05, 0) is 6.07 Å². The zero-order chi connectivity index (χ0) is 11.8. The fourth-order valence-corrected chi connectivity index (χ4v) is 1.64. The van der Waals surface area contributed by atoms with Gasteiger partial charge in [0.25, 0.3) is 5.89 Å². The Balaban J connectivity index is 2.22. The molecule has 0 amide bonds. The predicted molar refractivity (Wildman–Crippen MR) is 60.4 cm³/mol. The van der Waals surface area contributed by atoms with Gasteiger partial charge in [-0.3, -0.25) is 0 Å². The molecule has 84 valence electrons. The molecule has 6 nitrogen and oxygen atoms in total. The third-order valence-corrected chi connectivity index (χ3v) is 2.52. The summed E-state index contributed by atoms with van der Waals surface area (Å²) in [5.74, 6) is 0.835. The average Bonchev–Trinajstić information content (AvgIpc) is 2.76. The van der Waals surface area contributed by atoms with Gasteiger partial charge in [-0.25, -0.2) is 15.0 Å². The minimum Gasteiger partial charge on any atom is -0.420 e. The Morgan fingerprint density at radius 1 is 1.18 bits per heavy atom. The highest BCUT2D eigenvalue weighted by molar-refractivity contribution is 6.34. The first-order chi connectivity index (χ1) is 8.24. The standard InChI is InChI=1S/C10H6ClN5O/c1-5-15-16-10(17-5)7-2-6-8(3-12-7)13-4-14-9(6)11/h2-4H,1H3. The van der Waals surface area contributed by atoms with E-state index in [-0.39, 0.29) is 0 Å². The molecule has 0 radical (unpaired) electrons. The molecule has 3 aromatic rings. The minimum absolute atomic E-state index is 0.351. The fourth-order valence-electron chi connectivity index (χ4n) is 1.44. The lowest BCUT2D eigenvalue weighted by Gasteiger charge is -1.99. The topological polar surface area (TPSA) is 77.6 Å². The summed E-state index contributed by atoms with van der Waals surface area (Å²) < 4.78 is 5.29. The molecule has 0 fully saturated rings. The highest BCUT2D eigenvalue weighted by atomic mass is 35.5. The minimum atomic E-state index is 0.351. The molecule has 0 N–H and O–H groups in total. The molecular weight excluding hydrogens is 242 g/mol. The second-order valence-corrected chi connectivity index (χ2v) is 3.74. The van der Waals surface area contributed by atoms with Gasteiger partial charge < -0.3 is 4.42 Å². The monoisotopic (exact) mass is 247 g/mol. The van der Waals surface area contributed by atoms with E-state index in [0.717, 1.165) is 0 Å². The van der Waals surface area contributed by atoms with Gasteiger partial charge in [0, 0.05) is 12.3 Å². The first kappa shape index (κ1) is 10.1. The van der Waals surface area contributed by atoms with Crippen LogP contribution in [-0.4, -0.2) is 25.1 Å². The molecule has 0 aliphatic rings. The Labute approximate surface area is 101 Å². The van der Waals surface area contributed by atoms with Crippen molar-refractivity contribution < 1.29 is 4.42 Å². The molecule has 3 rings (SSSR count). The molecule has 0 atom stereocenters. The molecule has 0 aliphatic heterocycles. The van der Waals surface area contributed by atoms with Gasteiger partial charge in [0.2, 0.25) is 5.89 Å². The molecule has 0 saturated heterocycles. The lowest BCUT2D eigenvalue weighted by molar-refractivity contribution is 0.531. The number of aryl methyl sites for hydroxylation is 1. The zero-order valence-electron chi connectivity index (χ0n) is 8.75. The maximum Gasteiger partial charge on any atom is 0.266 e. The summed E-state index contributed by atoms with van der Waals surface area (Å²) in [7, 11) is 0. The van der Waals surface area contributed by atoms with Crippen LogP contribution in [0.1, 0.15) is 5.89 Å². The van der Waals surface area contributed by atoms with Gasteiger partial charge in [-0.2, -0.15) is 0 Å². The van der Waals surface area contributed by atoms with E-state index < -0.39 is 0 Å². The Morgan fingerprint density at radius 3 is 2.82 bits per heavy atom. The number of rotatable bonds is 1. The molecule has 0 aromatic carbocycles. The fraction of sp³-hybridized carbons (Fsp3) is 0.100.